The van der Waals surface area contributed by atoms with E-state index in [0.29, 0.717) is 0 Å². The molecule has 0 aliphatic carbocycles. The standard InChI is InChI=1S/C32H32O16/c1-41-18-8-13(5-6-16(18)33)31(40)46-12-22-25(36)27(38)28(39)32(48-22)47-21-10-19-23(26(37)30(21)44-4)24(35)15(11-45-19)14-7-17(34)29(43-3)20(9-14)42-2/h5-11,22,25,27-28,32-34,36-39H,12H2,1-4H3/t22-,25-,27+,28-,32?/m1/s1. The summed E-state index contributed by atoms with van der Waals surface area (Å²) in [6.07, 6.45) is -7.44. The summed E-state index contributed by atoms with van der Waals surface area (Å²) in [5, 5.41) is 62.7. The molecule has 48 heavy (non-hydrogen) atoms. The average molecular weight is 673 g/mol. The van der Waals surface area contributed by atoms with E-state index in [4.69, 9.17) is 37.6 Å². The summed E-state index contributed by atoms with van der Waals surface area (Å²) >= 11 is 0. The van der Waals surface area contributed by atoms with Crippen molar-refractivity contribution < 1.29 is 73.0 Å². The van der Waals surface area contributed by atoms with Crippen molar-refractivity contribution in [1.82, 2.24) is 0 Å². The Balaban J connectivity index is 1.42. The summed E-state index contributed by atoms with van der Waals surface area (Å²) in [5.74, 6) is -2.57. The number of methoxy groups -OCH3 is 4. The second-order valence-electron chi connectivity index (χ2n) is 10.5. The van der Waals surface area contributed by atoms with E-state index in [0.717, 1.165) is 6.26 Å². The van der Waals surface area contributed by atoms with Crippen LogP contribution in [0.15, 0.2) is 51.9 Å². The maximum atomic E-state index is 13.6. The van der Waals surface area contributed by atoms with Gasteiger partial charge in [-0.3, -0.25) is 4.79 Å². The van der Waals surface area contributed by atoms with Crippen molar-refractivity contribution in [2.24, 2.45) is 0 Å². The molecule has 4 aromatic rings. The first-order valence-electron chi connectivity index (χ1n) is 14.1. The number of aliphatic hydroxyl groups is 3. The number of phenolic OH excluding ortho intramolecular Hbond substituents is 3. The minimum atomic E-state index is -1.84. The third-order valence-corrected chi connectivity index (χ3v) is 7.64. The fourth-order valence-corrected chi connectivity index (χ4v) is 5.13. The van der Waals surface area contributed by atoms with Crippen LogP contribution in [0.5, 0.6) is 46.0 Å². The number of hydrogen-bond donors (Lipinski definition) is 6. The van der Waals surface area contributed by atoms with Gasteiger partial charge in [-0.05, 0) is 35.9 Å². The molecule has 1 aromatic heterocycles. The van der Waals surface area contributed by atoms with Crippen molar-refractivity contribution in [2.45, 2.75) is 30.7 Å². The number of fused-ring (bicyclic) bond motifs is 1. The molecule has 1 fully saturated rings. The highest BCUT2D eigenvalue weighted by atomic mass is 16.7. The van der Waals surface area contributed by atoms with E-state index in [1.807, 2.05) is 0 Å². The first-order valence-corrected chi connectivity index (χ1v) is 14.1. The van der Waals surface area contributed by atoms with Crippen LogP contribution in [0.25, 0.3) is 22.1 Å². The largest absolute Gasteiger partial charge is 0.504 e. The molecule has 0 saturated carbocycles. The van der Waals surface area contributed by atoms with Crippen LogP contribution >= 0.6 is 0 Å². The van der Waals surface area contributed by atoms with Gasteiger partial charge in [0.2, 0.25) is 23.2 Å². The van der Waals surface area contributed by atoms with E-state index in [-0.39, 0.29) is 67.9 Å². The molecule has 1 aliphatic heterocycles. The monoisotopic (exact) mass is 672 g/mol. The highest BCUT2D eigenvalue weighted by Gasteiger charge is 2.46. The number of hydrogen-bond acceptors (Lipinski definition) is 16. The number of aromatic hydroxyl groups is 3. The van der Waals surface area contributed by atoms with Crippen LogP contribution in [0.2, 0.25) is 0 Å². The number of phenols is 3. The van der Waals surface area contributed by atoms with Crippen molar-refractivity contribution in [3.05, 3.63) is 58.4 Å². The van der Waals surface area contributed by atoms with Gasteiger partial charge >= 0.3 is 5.97 Å². The molecule has 0 spiro atoms. The Kier molecular flexibility index (Phi) is 9.72. The van der Waals surface area contributed by atoms with Gasteiger partial charge in [0.05, 0.1) is 39.6 Å². The van der Waals surface area contributed by atoms with Crippen LogP contribution in [-0.4, -0.2) is 102 Å². The van der Waals surface area contributed by atoms with Crippen LogP contribution < -0.4 is 29.1 Å². The number of esters is 1. The molecule has 6 N–H and O–H groups in total. The van der Waals surface area contributed by atoms with Gasteiger partial charge in [0.15, 0.2) is 34.5 Å². The number of benzene rings is 3. The Labute approximate surface area is 271 Å². The van der Waals surface area contributed by atoms with Crippen molar-refractivity contribution in [3.63, 3.8) is 0 Å². The molecule has 1 unspecified atom stereocenters. The van der Waals surface area contributed by atoms with Crippen molar-refractivity contribution in [3.8, 4) is 57.1 Å². The minimum Gasteiger partial charge on any atom is -0.504 e. The fourth-order valence-electron chi connectivity index (χ4n) is 5.13. The summed E-state index contributed by atoms with van der Waals surface area (Å²) in [5.41, 5.74) is -0.765. The third kappa shape index (κ3) is 6.16. The zero-order chi connectivity index (χ0) is 34.9. The first kappa shape index (κ1) is 33.9. The molecule has 0 radical (unpaired) electrons. The Morgan fingerprint density at radius 1 is 0.792 bits per heavy atom. The summed E-state index contributed by atoms with van der Waals surface area (Å²) in [6, 6.07) is 7.59. The van der Waals surface area contributed by atoms with E-state index >= 15 is 0 Å². The highest BCUT2D eigenvalue weighted by Crippen LogP contribution is 2.44. The zero-order valence-electron chi connectivity index (χ0n) is 25.9. The van der Waals surface area contributed by atoms with Crippen LogP contribution in [0.3, 0.4) is 0 Å². The van der Waals surface area contributed by atoms with E-state index < -0.39 is 54.5 Å². The topological polar surface area (TPSA) is 233 Å². The van der Waals surface area contributed by atoms with Gasteiger partial charge in [0.1, 0.15) is 48.3 Å². The van der Waals surface area contributed by atoms with E-state index in [1.165, 1.54) is 64.8 Å². The van der Waals surface area contributed by atoms with Gasteiger partial charge in [-0.25, -0.2) is 4.79 Å². The smallest absolute Gasteiger partial charge is 0.338 e. The lowest BCUT2D eigenvalue weighted by atomic mass is 9.99. The van der Waals surface area contributed by atoms with Gasteiger partial charge in [-0.2, -0.15) is 0 Å². The SMILES string of the molecule is COc1cc(C(=O)OC[C@H]2OC(Oc3cc4occ(-c5cc(O)c(OC)c(OC)c5)c(=O)c4c(O)c3OC)[C@H](O)[C@@H](O)[C@@H]2O)ccc1O. The Bertz CT molecular complexity index is 1880. The molecule has 1 saturated heterocycles. The molecular formula is C32H32O16. The van der Waals surface area contributed by atoms with Crippen LogP contribution in [0.1, 0.15) is 10.4 Å². The van der Waals surface area contributed by atoms with E-state index in [9.17, 15) is 40.2 Å². The number of carbonyl (C=O) groups is 1. The van der Waals surface area contributed by atoms with Gasteiger partial charge < -0.3 is 68.2 Å². The highest BCUT2D eigenvalue weighted by molar-refractivity contribution is 5.92. The normalized spacial score (nSPS) is 20.6. The fraction of sp³-hybridized carbons (Fsp3) is 0.312. The molecule has 16 heteroatoms. The first-order chi connectivity index (χ1) is 22.9. The number of carbonyl (C=O) groups excluding carboxylic acids is 1. The molecular weight excluding hydrogens is 640 g/mol. The molecule has 1 aliphatic rings. The summed E-state index contributed by atoms with van der Waals surface area (Å²) in [6.45, 7) is -0.601. The third-order valence-electron chi connectivity index (χ3n) is 7.64. The van der Waals surface area contributed by atoms with Crippen molar-refractivity contribution in [1.29, 1.82) is 0 Å². The zero-order valence-corrected chi connectivity index (χ0v) is 25.9. The molecule has 0 bridgehead atoms. The number of rotatable bonds is 10. The Morgan fingerprint density at radius 2 is 1.50 bits per heavy atom. The quantitative estimate of drug-likeness (QED) is 0.131. The summed E-state index contributed by atoms with van der Waals surface area (Å²) < 4.78 is 42.9. The van der Waals surface area contributed by atoms with Crippen LogP contribution in [0, 0.1) is 0 Å². The molecule has 256 valence electrons. The summed E-state index contributed by atoms with van der Waals surface area (Å²) in [7, 11) is 5.14. The molecule has 0 amide bonds. The summed E-state index contributed by atoms with van der Waals surface area (Å²) in [4.78, 5) is 26.2. The maximum Gasteiger partial charge on any atom is 0.338 e. The van der Waals surface area contributed by atoms with Crippen molar-refractivity contribution >= 4 is 16.9 Å². The van der Waals surface area contributed by atoms with Gasteiger partial charge in [0.25, 0.3) is 0 Å². The second kappa shape index (κ2) is 13.7. The average Bonchev–Trinajstić information content (AvgIpc) is 3.07. The van der Waals surface area contributed by atoms with E-state index in [1.54, 1.807) is 0 Å². The molecule has 3 aromatic carbocycles. The minimum absolute atomic E-state index is 0.00675. The lowest BCUT2D eigenvalue weighted by Gasteiger charge is -2.40. The Hall–Kier alpha value is -5.42. The number of ether oxygens (including phenoxy) is 7. The Morgan fingerprint density at radius 3 is 2.17 bits per heavy atom. The molecule has 5 atom stereocenters. The van der Waals surface area contributed by atoms with Crippen LogP contribution in [-0.2, 0) is 9.47 Å². The molecule has 2 heterocycles. The predicted octanol–water partition coefficient (Wildman–Crippen LogP) is 1.65. The predicted molar refractivity (Wildman–Crippen MR) is 163 cm³/mol. The second-order valence-corrected chi connectivity index (χ2v) is 10.5. The van der Waals surface area contributed by atoms with Gasteiger partial charge in [0, 0.05) is 6.07 Å². The van der Waals surface area contributed by atoms with Crippen LogP contribution in [0.4, 0.5) is 0 Å². The lowest BCUT2D eigenvalue weighted by Crippen LogP contribution is -2.60. The number of aliphatic hydroxyl groups excluding tert-OH is 3. The lowest BCUT2D eigenvalue weighted by molar-refractivity contribution is -0.277. The van der Waals surface area contributed by atoms with Gasteiger partial charge in [-0.15, -0.1) is 0 Å². The molecule has 5 rings (SSSR count). The van der Waals surface area contributed by atoms with E-state index in [2.05, 4.69) is 0 Å². The van der Waals surface area contributed by atoms with Gasteiger partial charge in [-0.1, -0.05) is 0 Å². The molecule has 16 nitrogen and oxygen atoms in total. The maximum absolute atomic E-state index is 13.6. The van der Waals surface area contributed by atoms with Crippen molar-refractivity contribution in [2.75, 3.05) is 35.0 Å².